The van der Waals surface area contributed by atoms with E-state index < -0.39 is 15.9 Å². The van der Waals surface area contributed by atoms with Crippen LogP contribution in [-0.2, 0) is 17.1 Å². The molecule has 11 heteroatoms. The van der Waals surface area contributed by atoms with Crippen molar-refractivity contribution < 1.29 is 17.6 Å². The molecule has 3 aromatic rings. The maximum absolute atomic E-state index is 13.5. The number of carbonyl (C=O) groups excluding carboxylic acids is 1. The fourth-order valence-corrected chi connectivity index (χ4v) is 5.27. The van der Waals surface area contributed by atoms with Gasteiger partial charge >= 0.3 is 0 Å². The average molecular weight is 447 g/mol. The fraction of sp³-hybridized carbons (Fsp3) is 0.350. The zero-order valence-electron chi connectivity index (χ0n) is 17.5. The lowest BCUT2D eigenvalue weighted by Crippen LogP contribution is -2.49. The van der Waals surface area contributed by atoms with Crippen molar-refractivity contribution in [2.75, 3.05) is 31.1 Å². The van der Waals surface area contributed by atoms with Gasteiger partial charge in [0.25, 0.3) is 15.9 Å². The summed E-state index contributed by atoms with van der Waals surface area (Å²) < 4.78 is 44.0. The molecule has 1 aliphatic rings. The smallest absolute Gasteiger partial charge is 0.283 e. The van der Waals surface area contributed by atoms with Crippen molar-refractivity contribution in [2.45, 2.75) is 18.9 Å². The largest absolute Gasteiger partial charge is 0.369 e. The third-order valence-electron chi connectivity index (χ3n) is 5.22. The summed E-state index contributed by atoms with van der Waals surface area (Å²) >= 11 is 0. The van der Waals surface area contributed by atoms with Gasteiger partial charge in [0.15, 0.2) is 0 Å². The molecule has 0 atom stereocenters. The van der Waals surface area contributed by atoms with Gasteiger partial charge in [0.1, 0.15) is 11.4 Å². The maximum atomic E-state index is 13.5. The molecule has 9 nitrogen and oxygen atoms in total. The van der Waals surface area contributed by atoms with Gasteiger partial charge in [-0.3, -0.25) is 9.48 Å². The fourth-order valence-electron chi connectivity index (χ4n) is 3.74. The topological polar surface area (TPSA) is 93.3 Å². The number of nitrogens with zero attached hydrogens (tertiary/aromatic N) is 6. The van der Waals surface area contributed by atoms with E-state index in [-0.39, 0.29) is 29.5 Å². The Balaban J connectivity index is 1.59. The van der Waals surface area contributed by atoms with Crippen LogP contribution in [0.15, 0.2) is 41.6 Å². The van der Waals surface area contributed by atoms with Crippen molar-refractivity contribution in [3.8, 4) is 0 Å². The summed E-state index contributed by atoms with van der Waals surface area (Å²) in [5, 5.41) is 7.97. The van der Waals surface area contributed by atoms with Crippen molar-refractivity contribution in [2.24, 2.45) is 7.05 Å². The highest BCUT2D eigenvalue weighted by Gasteiger charge is 2.35. The lowest BCUT2D eigenvalue weighted by atomic mass is 10.2. The highest BCUT2D eigenvalue weighted by molar-refractivity contribution is 7.89. The van der Waals surface area contributed by atoms with Gasteiger partial charge in [-0.05, 0) is 38.1 Å². The molecule has 0 radical (unpaired) electrons. The molecule has 1 aromatic carbocycles. The molecule has 164 valence electrons. The van der Waals surface area contributed by atoms with Crippen LogP contribution in [0, 0.1) is 19.7 Å². The van der Waals surface area contributed by atoms with Crippen molar-refractivity contribution in [1.29, 1.82) is 0 Å². The van der Waals surface area contributed by atoms with Crippen molar-refractivity contribution in [3.63, 3.8) is 0 Å². The molecule has 1 fully saturated rings. The van der Waals surface area contributed by atoms with Crippen LogP contribution in [0.3, 0.4) is 0 Å². The molecule has 4 rings (SSSR count). The Kier molecular flexibility index (Phi) is 5.40. The molecule has 1 saturated heterocycles. The van der Waals surface area contributed by atoms with Crippen LogP contribution in [0.4, 0.5) is 10.1 Å². The molecule has 2 aromatic heterocycles. The lowest BCUT2D eigenvalue weighted by Gasteiger charge is -2.35. The first-order valence-corrected chi connectivity index (χ1v) is 11.2. The van der Waals surface area contributed by atoms with Crippen molar-refractivity contribution in [1.82, 2.24) is 23.9 Å². The number of rotatable bonds is 4. The number of benzene rings is 1. The highest BCUT2D eigenvalue weighted by atomic mass is 32.2. The standard InChI is InChI=1S/C20H23FN6O3S/c1-14-11-15(2)27(22-14)20(28)18-13-24(3)23-19(18)31(29,30)26-9-7-25(8-10-26)17-6-4-5-16(21)12-17/h4-6,11-13H,7-10H2,1-3H3. The number of piperazine rings is 1. The molecular weight excluding hydrogens is 423 g/mol. The minimum Gasteiger partial charge on any atom is -0.369 e. The van der Waals surface area contributed by atoms with Crippen LogP contribution >= 0.6 is 0 Å². The van der Waals surface area contributed by atoms with E-state index in [1.807, 2.05) is 4.90 Å². The minimum atomic E-state index is -4.01. The van der Waals surface area contributed by atoms with E-state index in [0.717, 1.165) is 0 Å². The molecule has 0 unspecified atom stereocenters. The van der Waals surface area contributed by atoms with Crippen LogP contribution in [0.2, 0.25) is 0 Å². The molecule has 0 amide bonds. The van der Waals surface area contributed by atoms with E-state index in [2.05, 4.69) is 10.2 Å². The summed E-state index contributed by atoms with van der Waals surface area (Å²) in [6, 6.07) is 7.95. The number of hydrogen-bond acceptors (Lipinski definition) is 6. The average Bonchev–Trinajstić information content (AvgIpc) is 3.29. The SMILES string of the molecule is Cc1cc(C)n(C(=O)c2cn(C)nc2S(=O)(=O)N2CCN(c3cccc(F)c3)CC2)n1. The third kappa shape index (κ3) is 3.98. The van der Waals surface area contributed by atoms with E-state index in [4.69, 9.17) is 0 Å². The number of sulfonamides is 1. The monoisotopic (exact) mass is 446 g/mol. The molecule has 0 saturated carbocycles. The Hall–Kier alpha value is -3.05. The summed E-state index contributed by atoms with van der Waals surface area (Å²) in [4.78, 5) is 15.0. The first-order chi connectivity index (χ1) is 14.7. The van der Waals surface area contributed by atoms with Gasteiger partial charge in [-0.2, -0.15) is 14.5 Å². The first-order valence-electron chi connectivity index (χ1n) is 9.79. The van der Waals surface area contributed by atoms with Crippen molar-refractivity contribution in [3.05, 3.63) is 59.3 Å². The molecule has 1 aliphatic heterocycles. The molecule has 31 heavy (non-hydrogen) atoms. The number of carbonyl (C=O) groups is 1. The Morgan fingerprint density at radius 3 is 2.39 bits per heavy atom. The summed E-state index contributed by atoms with van der Waals surface area (Å²) in [7, 11) is -2.44. The van der Waals surface area contributed by atoms with Gasteiger partial charge in [0, 0.05) is 50.8 Å². The summed E-state index contributed by atoms with van der Waals surface area (Å²) in [6.45, 7) is 4.68. The Morgan fingerprint density at radius 1 is 1.06 bits per heavy atom. The number of aromatic nitrogens is 4. The third-order valence-corrected chi connectivity index (χ3v) is 7.06. The number of aryl methyl sites for hydroxylation is 3. The van der Waals surface area contributed by atoms with Gasteiger partial charge in [-0.15, -0.1) is 0 Å². The molecule has 0 aliphatic carbocycles. The Labute approximate surface area is 179 Å². The van der Waals surface area contributed by atoms with Gasteiger partial charge in [0.2, 0.25) is 5.03 Å². The summed E-state index contributed by atoms with van der Waals surface area (Å²) in [6.07, 6.45) is 1.40. The van der Waals surface area contributed by atoms with Crippen LogP contribution in [0.1, 0.15) is 21.7 Å². The molecular formula is C20H23FN6O3S. The zero-order chi connectivity index (χ0) is 22.3. The van der Waals surface area contributed by atoms with Crippen LogP contribution in [0.25, 0.3) is 0 Å². The molecule has 0 N–H and O–H groups in total. The van der Waals surface area contributed by atoms with Gasteiger partial charge < -0.3 is 4.90 Å². The van der Waals surface area contributed by atoms with Gasteiger partial charge in [-0.1, -0.05) is 6.07 Å². The van der Waals surface area contributed by atoms with E-state index in [1.54, 1.807) is 39.1 Å². The molecule has 3 heterocycles. The predicted molar refractivity (Wildman–Crippen MR) is 112 cm³/mol. The number of hydrogen-bond donors (Lipinski definition) is 0. The van der Waals surface area contributed by atoms with Crippen LogP contribution in [-0.4, -0.2) is 64.4 Å². The van der Waals surface area contributed by atoms with Crippen LogP contribution < -0.4 is 4.90 Å². The second-order valence-corrected chi connectivity index (χ2v) is 9.39. The zero-order valence-corrected chi connectivity index (χ0v) is 18.3. The van der Waals surface area contributed by atoms with E-state index in [9.17, 15) is 17.6 Å². The summed E-state index contributed by atoms with van der Waals surface area (Å²) in [5.74, 6) is -0.885. The Bertz CT molecular complexity index is 1240. The predicted octanol–water partition coefficient (Wildman–Crippen LogP) is 1.57. The lowest BCUT2D eigenvalue weighted by molar-refractivity contribution is 0.0938. The first kappa shape index (κ1) is 21.2. The second kappa shape index (κ2) is 7.89. The van der Waals surface area contributed by atoms with Crippen molar-refractivity contribution >= 4 is 21.6 Å². The molecule has 0 bridgehead atoms. The van der Waals surface area contributed by atoms with Crippen LogP contribution in [0.5, 0.6) is 0 Å². The number of halogens is 1. The highest BCUT2D eigenvalue weighted by Crippen LogP contribution is 2.24. The Morgan fingerprint density at radius 2 is 1.77 bits per heavy atom. The van der Waals surface area contributed by atoms with Gasteiger partial charge in [-0.25, -0.2) is 17.5 Å². The molecule has 0 spiro atoms. The quantitative estimate of drug-likeness (QED) is 0.604. The minimum absolute atomic E-state index is 0.0266. The van der Waals surface area contributed by atoms with E-state index in [1.165, 1.54) is 32.0 Å². The summed E-state index contributed by atoms with van der Waals surface area (Å²) in [5.41, 5.74) is 1.95. The van der Waals surface area contributed by atoms with Gasteiger partial charge in [0.05, 0.1) is 5.69 Å². The van der Waals surface area contributed by atoms with E-state index in [0.29, 0.717) is 30.2 Å². The normalized spacial score (nSPS) is 15.4. The maximum Gasteiger partial charge on any atom is 0.283 e. The number of anilines is 1. The van der Waals surface area contributed by atoms with E-state index >= 15 is 0 Å². The second-order valence-electron chi connectivity index (χ2n) is 7.54.